The van der Waals surface area contributed by atoms with Gasteiger partial charge in [-0.1, -0.05) is 97.1 Å². The van der Waals surface area contributed by atoms with Crippen molar-refractivity contribution < 1.29 is 5.11 Å². The zero-order valence-electron chi connectivity index (χ0n) is 22.3. The molecule has 0 fully saturated rings. The first-order valence-electron chi connectivity index (χ1n) is 13.4. The van der Waals surface area contributed by atoms with Crippen LogP contribution in [0.25, 0.3) is 33.4 Å². The molecular weight excluding hydrogens is 488 g/mol. The van der Waals surface area contributed by atoms with Crippen LogP contribution in [0.3, 0.4) is 0 Å². The minimum Gasteiger partial charge on any atom is -0.508 e. The molecule has 0 radical (unpaired) electrons. The van der Waals surface area contributed by atoms with Crippen molar-refractivity contribution in [2.45, 2.75) is 6.92 Å². The Labute approximate surface area is 235 Å². The molecule has 0 aliphatic heterocycles. The molecule has 6 aromatic carbocycles. The molecule has 0 atom stereocenters. The molecule has 3 nitrogen and oxygen atoms in total. The Morgan fingerprint density at radius 3 is 1.73 bits per heavy atom. The van der Waals surface area contributed by atoms with Gasteiger partial charge in [0, 0.05) is 34.4 Å². The molecule has 3 heteroatoms. The fourth-order valence-corrected chi connectivity index (χ4v) is 5.12. The van der Waals surface area contributed by atoms with Crippen molar-refractivity contribution in [3.63, 3.8) is 0 Å². The van der Waals surface area contributed by atoms with E-state index >= 15 is 0 Å². The second-order valence-corrected chi connectivity index (χ2v) is 9.89. The first-order valence-corrected chi connectivity index (χ1v) is 13.4. The zero-order chi connectivity index (χ0) is 27.3. The standard InChI is InChI=1S/C37H30N2O/c1-26-10-8-15-31(24-26)39-35-23-22-34(27-18-20-30(21-19-27)38-32-16-9-17-33(40)25-32)36(28-11-4-2-5-12-28)37(35)29-13-6-3-7-14-29/h2-25,38-40H,1H3. The summed E-state index contributed by atoms with van der Waals surface area (Å²) in [6, 6.07) is 49.7. The SMILES string of the molecule is Cc1cccc(Nc2ccc(-c3ccc(Nc4cccc(O)c4)cc3)c(-c3ccccc3)c2-c2ccccc2)c1. The van der Waals surface area contributed by atoms with Gasteiger partial charge >= 0.3 is 0 Å². The lowest BCUT2D eigenvalue weighted by molar-refractivity contribution is 0.475. The molecule has 0 saturated heterocycles. The van der Waals surface area contributed by atoms with Gasteiger partial charge in [-0.2, -0.15) is 0 Å². The molecule has 0 bridgehead atoms. The number of rotatable bonds is 7. The summed E-state index contributed by atoms with van der Waals surface area (Å²) in [5.74, 6) is 0.238. The summed E-state index contributed by atoms with van der Waals surface area (Å²) in [5.41, 5.74) is 12.1. The lowest BCUT2D eigenvalue weighted by Crippen LogP contribution is -1.98. The molecule has 3 N–H and O–H groups in total. The molecule has 0 amide bonds. The maximum atomic E-state index is 9.83. The number of aryl methyl sites for hydroxylation is 1. The summed E-state index contributed by atoms with van der Waals surface area (Å²) in [6.07, 6.45) is 0. The van der Waals surface area contributed by atoms with E-state index in [4.69, 9.17) is 0 Å². The van der Waals surface area contributed by atoms with E-state index in [0.29, 0.717) is 0 Å². The van der Waals surface area contributed by atoms with Gasteiger partial charge in [-0.3, -0.25) is 0 Å². The van der Waals surface area contributed by atoms with Gasteiger partial charge in [0.05, 0.1) is 0 Å². The van der Waals surface area contributed by atoms with Crippen LogP contribution in [-0.2, 0) is 0 Å². The lowest BCUT2D eigenvalue weighted by Gasteiger charge is -2.21. The van der Waals surface area contributed by atoms with Crippen molar-refractivity contribution in [3.05, 3.63) is 151 Å². The Bertz CT molecular complexity index is 1740. The Morgan fingerprint density at radius 1 is 0.450 bits per heavy atom. The van der Waals surface area contributed by atoms with E-state index in [1.54, 1.807) is 12.1 Å². The van der Waals surface area contributed by atoms with Gasteiger partial charge in [0.25, 0.3) is 0 Å². The Hall–Kier alpha value is -5.28. The topological polar surface area (TPSA) is 44.3 Å². The van der Waals surface area contributed by atoms with Crippen molar-refractivity contribution in [1.29, 1.82) is 0 Å². The molecule has 0 saturated carbocycles. The molecule has 0 heterocycles. The number of phenolic OH excluding ortho intramolecular Hbond substituents is 1. The summed E-state index contributed by atoms with van der Waals surface area (Å²) in [4.78, 5) is 0. The van der Waals surface area contributed by atoms with E-state index in [2.05, 4.69) is 139 Å². The molecule has 6 aromatic rings. The third-order valence-electron chi connectivity index (χ3n) is 6.96. The van der Waals surface area contributed by atoms with Gasteiger partial charge in [-0.15, -0.1) is 0 Å². The number of phenols is 1. The monoisotopic (exact) mass is 518 g/mol. The van der Waals surface area contributed by atoms with Crippen LogP contribution in [0.4, 0.5) is 22.7 Å². The van der Waals surface area contributed by atoms with Crippen LogP contribution in [0.2, 0.25) is 0 Å². The maximum Gasteiger partial charge on any atom is 0.117 e. The van der Waals surface area contributed by atoms with Crippen molar-refractivity contribution in [1.82, 2.24) is 0 Å². The Kier molecular flexibility index (Phi) is 7.02. The van der Waals surface area contributed by atoms with Crippen LogP contribution in [0.15, 0.2) is 146 Å². The Balaban J connectivity index is 1.49. The van der Waals surface area contributed by atoms with E-state index in [-0.39, 0.29) is 5.75 Å². The van der Waals surface area contributed by atoms with Crippen molar-refractivity contribution in [3.8, 4) is 39.1 Å². The van der Waals surface area contributed by atoms with E-state index in [1.165, 1.54) is 11.1 Å². The van der Waals surface area contributed by atoms with Crippen LogP contribution >= 0.6 is 0 Å². The molecule has 194 valence electrons. The maximum absolute atomic E-state index is 9.83. The van der Waals surface area contributed by atoms with Gasteiger partial charge < -0.3 is 15.7 Å². The highest BCUT2D eigenvalue weighted by molar-refractivity contribution is 6.01. The quantitative estimate of drug-likeness (QED) is 0.197. The van der Waals surface area contributed by atoms with Crippen LogP contribution < -0.4 is 10.6 Å². The minimum absolute atomic E-state index is 0.238. The number of nitrogens with one attached hydrogen (secondary N) is 2. The number of hydrogen-bond acceptors (Lipinski definition) is 3. The van der Waals surface area contributed by atoms with E-state index in [1.807, 2.05) is 12.1 Å². The predicted molar refractivity (Wildman–Crippen MR) is 169 cm³/mol. The largest absolute Gasteiger partial charge is 0.508 e. The average molecular weight is 519 g/mol. The fourth-order valence-electron chi connectivity index (χ4n) is 5.12. The molecule has 0 unspecified atom stereocenters. The second-order valence-electron chi connectivity index (χ2n) is 9.89. The van der Waals surface area contributed by atoms with E-state index in [0.717, 1.165) is 50.6 Å². The first-order chi connectivity index (χ1) is 19.6. The molecular formula is C37H30N2O. The average Bonchev–Trinajstić information content (AvgIpc) is 2.98. The molecule has 0 spiro atoms. The normalized spacial score (nSPS) is 10.7. The van der Waals surface area contributed by atoms with Crippen LogP contribution in [0.5, 0.6) is 5.75 Å². The summed E-state index contributed by atoms with van der Waals surface area (Å²) in [5, 5.41) is 16.9. The molecule has 6 rings (SSSR count). The minimum atomic E-state index is 0.238. The first kappa shape index (κ1) is 25.0. The van der Waals surface area contributed by atoms with Crippen molar-refractivity contribution >= 4 is 22.7 Å². The van der Waals surface area contributed by atoms with E-state index in [9.17, 15) is 5.11 Å². The van der Waals surface area contributed by atoms with Crippen LogP contribution in [0, 0.1) is 6.92 Å². The molecule has 0 aliphatic rings. The van der Waals surface area contributed by atoms with Crippen LogP contribution in [-0.4, -0.2) is 5.11 Å². The summed E-state index contributed by atoms with van der Waals surface area (Å²) >= 11 is 0. The summed E-state index contributed by atoms with van der Waals surface area (Å²) < 4.78 is 0. The van der Waals surface area contributed by atoms with Crippen molar-refractivity contribution in [2.75, 3.05) is 10.6 Å². The van der Waals surface area contributed by atoms with Crippen molar-refractivity contribution in [2.24, 2.45) is 0 Å². The van der Waals surface area contributed by atoms with Gasteiger partial charge in [0.2, 0.25) is 0 Å². The predicted octanol–water partition coefficient (Wildman–Crippen LogP) is 10.2. The number of benzene rings is 6. The molecule has 0 aliphatic carbocycles. The van der Waals surface area contributed by atoms with E-state index < -0.39 is 0 Å². The number of aromatic hydroxyl groups is 1. The van der Waals surface area contributed by atoms with Gasteiger partial charge in [-0.05, 0) is 82.8 Å². The third kappa shape index (κ3) is 5.45. The zero-order valence-corrected chi connectivity index (χ0v) is 22.3. The van der Waals surface area contributed by atoms with Gasteiger partial charge in [0.1, 0.15) is 5.75 Å². The second kappa shape index (κ2) is 11.2. The number of hydrogen-bond donors (Lipinski definition) is 3. The van der Waals surface area contributed by atoms with Gasteiger partial charge in [0.15, 0.2) is 0 Å². The smallest absolute Gasteiger partial charge is 0.117 e. The fraction of sp³-hybridized carbons (Fsp3) is 0.0270. The lowest BCUT2D eigenvalue weighted by atomic mass is 9.86. The molecule has 40 heavy (non-hydrogen) atoms. The highest BCUT2D eigenvalue weighted by atomic mass is 16.3. The number of anilines is 4. The highest BCUT2D eigenvalue weighted by Crippen LogP contribution is 2.45. The summed E-state index contributed by atoms with van der Waals surface area (Å²) in [6.45, 7) is 2.11. The van der Waals surface area contributed by atoms with Gasteiger partial charge in [-0.25, -0.2) is 0 Å². The van der Waals surface area contributed by atoms with Crippen LogP contribution in [0.1, 0.15) is 5.56 Å². The summed E-state index contributed by atoms with van der Waals surface area (Å²) in [7, 11) is 0. The third-order valence-corrected chi connectivity index (χ3v) is 6.96. The highest BCUT2D eigenvalue weighted by Gasteiger charge is 2.18. The molecule has 0 aromatic heterocycles. The Morgan fingerprint density at radius 2 is 1.07 bits per heavy atom.